The van der Waals surface area contributed by atoms with Gasteiger partial charge in [-0.25, -0.2) is 0 Å². The summed E-state index contributed by atoms with van der Waals surface area (Å²) >= 11 is 6.01. The molecule has 19 heavy (non-hydrogen) atoms. The molecule has 1 aliphatic carbocycles. The van der Waals surface area contributed by atoms with Crippen LogP contribution in [0.4, 0.5) is 13.2 Å². The number of hydrogen-bond donors (Lipinski definition) is 1. The summed E-state index contributed by atoms with van der Waals surface area (Å²) in [5.41, 5.74) is 0.585. The van der Waals surface area contributed by atoms with Crippen LogP contribution in [0, 0.1) is 0 Å². The van der Waals surface area contributed by atoms with E-state index >= 15 is 0 Å². The Hall–Kier alpha value is -0.780. The van der Waals surface area contributed by atoms with E-state index in [1.54, 1.807) is 24.3 Å². The molecule has 1 fully saturated rings. The predicted octanol–water partition coefficient (Wildman–Crippen LogP) is 3.71. The van der Waals surface area contributed by atoms with E-state index < -0.39 is 18.9 Å². The molecule has 0 aliphatic heterocycles. The summed E-state index contributed by atoms with van der Waals surface area (Å²) in [4.78, 5) is 0. The summed E-state index contributed by atoms with van der Waals surface area (Å²) < 4.78 is 41.8. The van der Waals surface area contributed by atoms with Crippen LogP contribution >= 0.6 is 11.6 Å². The molecule has 0 amide bonds. The van der Waals surface area contributed by atoms with E-state index in [-0.39, 0.29) is 0 Å². The molecule has 6 heteroatoms. The Bertz CT molecular complexity index is 421. The van der Waals surface area contributed by atoms with Gasteiger partial charge in [-0.05, 0) is 18.9 Å². The van der Waals surface area contributed by atoms with Crippen LogP contribution in [0.25, 0.3) is 0 Å². The SMILES string of the molecule is FC(F)(F)COC(CNC1CC1)c1ccccc1Cl. The van der Waals surface area contributed by atoms with Crippen LogP contribution in [-0.4, -0.2) is 25.4 Å². The van der Waals surface area contributed by atoms with Gasteiger partial charge in [0.25, 0.3) is 0 Å². The van der Waals surface area contributed by atoms with Gasteiger partial charge in [0.2, 0.25) is 0 Å². The summed E-state index contributed by atoms with van der Waals surface area (Å²) in [6.07, 6.45) is -2.89. The van der Waals surface area contributed by atoms with Gasteiger partial charge < -0.3 is 10.1 Å². The lowest BCUT2D eigenvalue weighted by atomic mass is 10.1. The van der Waals surface area contributed by atoms with Gasteiger partial charge in [-0.3, -0.25) is 0 Å². The van der Waals surface area contributed by atoms with E-state index in [2.05, 4.69) is 5.32 Å². The Morgan fingerprint density at radius 2 is 2.00 bits per heavy atom. The van der Waals surface area contributed by atoms with E-state index in [1.165, 1.54) is 0 Å². The minimum absolute atomic E-state index is 0.338. The quantitative estimate of drug-likeness (QED) is 0.863. The van der Waals surface area contributed by atoms with E-state index in [9.17, 15) is 13.2 Å². The normalized spacial score (nSPS) is 17.5. The third-order valence-electron chi connectivity index (χ3n) is 2.87. The van der Waals surface area contributed by atoms with Gasteiger partial charge in [-0.2, -0.15) is 13.2 Å². The van der Waals surface area contributed by atoms with E-state index in [0.29, 0.717) is 23.2 Å². The topological polar surface area (TPSA) is 21.3 Å². The van der Waals surface area contributed by atoms with E-state index in [0.717, 1.165) is 12.8 Å². The molecule has 0 aromatic heterocycles. The summed E-state index contributed by atoms with van der Waals surface area (Å²) in [5.74, 6) is 0. The summed E-state index contributed by atoms with van der Waals surface area (Å²) in [5, 5.41) is 3.59. The fourth-order valence-corrected chi connectivity index (χ4v) is 2.01. The number of ether oxygens (including phenoxy) is 1. The fourth-order valence-electron chi connectivity index (χ4n) is 1.75. The van der Waals surface area contributed by atoms with Crippen LogP contribution in [0.1, 0.15) is 24.5 Å². The van der Waals surface area contributed by atoms with Crippen LogP contribution < -0.4 is 5.32 Å². The van der Waals surface area contributed by atoms with E-state index in [4.69, 9.17) is 16.3 Å². The van der Waals surface area contributed by atoms with Gasteiger partial charge in [-0.15, -0.1) is 0 Å². The van der Waals surface area contributed by atoms with Crippen LogP contribution in [0.2, 0.25) is 5.02 Å². The highest BCUT2D eigenvalue weighted by atomic mass is 35.5. The third-order valence-corrected chi connectivity index (χ3v) is 3.21. The van der Waals surface area contributed by atoms with Gasteiger partial charge in [0.1, 0.15) is 6.61 Å². The third kappa shape index (κ3) is 5.01. The summed E-state index contributed by atoms with van der Waals surface area (Å²) in [7, 11) is 0. The van der Waals surface area contributed by atoms with Gasteiger partial charge in [-0.1, -0.05) is 29.8 Å². The van der Waals surface area contributed by atoms with Gasteiger partial charge in [0.15, 0.2) is 0 Å². The highest BCUT2D eigenvalue weighted by molar-refractivity contribution is 6.31. The second kappa shape index (κ2) is 6.11. The molecule has 1 saturated carbocycles. The first-order chi connectivity index (χ1) is 8.96. The highest BCUT2D eigenvalue weighted by Crippen LogP contribution is 2.28. The highest BCUT2D eigenvalue weighted by Gasteiger charge is 2.31. The number of nitrogens with one attached hydrogen (secondary N) is 1. The fraction of sp³-hybridized carbons (Fsp3) is 0.538. The van der Waals surface area contributed by atoms with Crippen molar-refractivity contribution in [1.29, 1.82) is 0 Å². The Balaban J connectivity index is 2.01. The first-order valence-corrected chi connectivity index (χ1v) is 6.49. The molecule has 2 nitrogen and oxygen atoms in total. The average Bonchev–Trinajstić information content (AvgIpc) is 3.13. The van der Waals surface area contributed by atoms with Gasteiger partial charge in [0, 0.05) is 23.2 Å². The van der Waals surface area contributed by atoms with Crippen molar-refractivity contribution in [3.63, 3.8) is 0 Å². The van der Waals surface area contributed by atoms with Crippen LogP contribution in [0.3, 0.4) is 0 Å². The monoisotopic (exact) mass is 293 g/mol. The van der Waals surface area contributed by atoms with Crippen LogP contribution in [-0.2, 0) is 4.74 Å². The standard InChI is InChI=1S/C13H15ClF3NO/c14-11-4-2-1-3-10(11)12(7-18-9-5-6-9)19-8-13(15,16)17/h1-4,9,12,18H,5-8H2. The lowest BCUT2D eigenvalue weighted by molar-refractivity contribution is -0.185. The number of halogens is 4. The Labute approximate surface area is 114 Å². The number of hydrogen-bond acceptors (Lipinski definition) is 2. The minimum Gasteiger partial charge on any atom is -0.363 e. The van der Waals surface area contributed by atoms with Gasteiger partial charge >= 0.3 is 6.18 Å². The summed E-state index contributed by atoms with van der Waals surface area (Å²) in [6, 6.07) is 7.22. The lowest BCUT2D eigenvalue weighted by Gasteiger charge is -2.21. The Kier molecular flexibility index (Phi) is 4.71. The number of alkyl halides is 3. The molecule has 0 saturated heterocycles. The average molecular weight is 294 g/mol. The van der Waals surface area contributed by atoms with Crippen molar-refractivity contribution in [3.05, 3.63) is 34.9 Å². The second-order valence-electron chi connectivity index (χ2n) is 4.62. The lowest BCUT2D eigenvalue weighted by Crippen LogP contribution is -2.28. The molecule has 1 N–H and O–H groups in total. The molecule has 1 aromatic carbocycles. The molecule has 2 rings (SSSR count). The molecule has 0 heterocycles. The molecular formula is C13H15ClF3NO. The zero-order valence-corrected chi connectivity index (χ0v) is 11.0. The second-order valence-corrected chi connectivity index (χ2v) is 5.03. The summed E-state index contributed by atoms with van der Waals surface area (Å²) in [6.45, 7) is -0.931. The largest absolute Gasteiger partial charge is 0.411 e. The van der Waals surface area contributed by atoms with Crippen molar-refractivity contribution >= 4 is 11.6 Å². The van der Waals surface area contributed by atoms with Crippen LogP contribution in [0.15, 0.2) is 24.3 Å². The molecule has 1 atom stereocenters. The molecular weight excluding hydrogens is 279 g/mol. The van der Waals surface area contributed by atoms with Gasteiger partial charge in [0.05, 0.1) is 6.10 Å². The van der Waals surface area contributed by atoms with E-state index in [1.807, 2.05) is 0 Å². The molecule has 1 aliphatic rings. The molecule has 0 radical (unpaired) electrons. The molecule has 106 valence electrons. The molecule has 0 bridgehead atoms. The van der Waals surface area contributed by atoms with Crippen LogP contribution in [0.5, 0.6) is 0 Å². The van der Waals surface area contributed by atoms with Crippen molar-refractivity contribution < 1.29 is 17.9 Å². The van der Waals surface area contributed by atoms with Crippen molar-refractivity contribution in [3.8, 4) is 0 Å². The predicted molar refractivity (Wildman–Crippen MR) is 67.2 cm³/mol. The maximum atomic E-state index is 12.3. The minimum atomic E-state index is -4.33. The maximum Gasteiger partial charge on any atom is 0.411 e. The first kappa shape index (κ1) is 14.6. The number of benzene rings is 1. The first-order valence-electron chi connectivity index (χ1n) is 6.12. The zero-order chi connectivity index (χ0) is 13.9. The Morgan fingerprint density at radius 3 is 2.58 bits per heavy atom. The molecule has 0 spiro atoms. The Morgan fingerprint density at radius 1 is 1.32 bits per heavy atom. The van der Waals surface area contributed by atoms with Crippen molar-refractivity contribution in [2.75, 3.05) is 13.2 Å². The van der Waals surface area contributed by atoms with Crippen molar-refractivity contribution in [1.82, 2.24) is 5.32 Å². The van der Waals surface area contributed by atoms with Crippen molar-refractivity contribution in [2.45, 2.75) is 31.2 Å². The zero-order valence-electron chi connectivity index (χ0n) is 10.2. The van der Waals surface area contributed by atoms with Crippen molar-refractivity contribution in [2.24, 2.45) is 0 Å². The molecule has 1 unspecified atom stereocenters. The maximum absolute atomic E-state index is 12.3. The smallest absolute Gasteiger partial charge is 0.363 e. The number of rotatable bonds is 6. The molecule has 1 aromatic rings.